The molecule has 0 radical (unpaired) electrons. The molecule has 1 aliphatic heterocycles. The Labute approximate surface area is 134 Å². The molecule has 5 nitrogen and oxygen atoms in total. The summed E-state index contributed by atoms with van der Waals surface area (Å²) in [6, 6.07) is 9.77. The zero-order valence-corrected chi connectivity index (χ0v) is 12.7. The highest BCUT2D eigenvalue weighted by Gasteiger charge is 2.22. The van der Waals surface area contributed by atoms with Gasteiger partial charge in [-0.3, -0.25) is 0 Å². The van der Waals surface area contributed by atoms with Crippen molar-refractivity contribution in [1.29, 1.82) is 0 Å². The van der Waals surface area contributed by atoms with Crippen LogP contribution in [-0.2, 0) is 0 Å². The lowest BCUT2D eigenvalue weighted by molar-refractivity contribution is 0.128. The van der Waals surface area contributed by atoms with Crippen LogP contribution >= 0.6 is 12.4 Å². The number of β-amino-alcohol motifs (C(OH)–C–C–N with tert-alkyl or cyclic N) is 1. The first-order valence-electron chi connectivity index (χ1n) is 6.97. The molecule has 2 atom stereocenters. The van der Waals surface area contributed by atoms with Crippen molar-refractivity contribution in [1.82, 2.24) is 15.5 Å². The van der Waals surface area contributed by atoms with Crippen molar-refractivity contribution in [3.8, 4) is 11.3 Å². The molecule has 22 heavy (non-hydrogen) atoms. The Balaban J connectivity index is 0.00000176. The first kappa shape index (κ1) is 16.6. The fourth-order valence-electron chi connectivity index (χ4n) is 2.38. The lowest BCUT2D eigenvalue weighted by Gasteiger charge is -2.29. The van der Waals surface area contributed by atoms with Gasteiger partial charge in [-0.05, 0) is 49.4 Å². The van der Waals surface area contributed by atoms with Gasteiger partial charge in [0.25, 0.3) is 0 Å². The van der Waals surface area contributed by atoms with Gasteiger partial charge in [0.2, 0.25) is 0 Å². The number of aliphatic hydroxyl groups is 1. The van der Waals surface area contributed by atoms with Gasteiger partial charge >= 0.3 is 0 Å². The molecule has 0 amide bonds. The summed E-state index contributed by atoms with van der Waals surface area (Å²) < 4.78 is 12.9. The van der Waals surface area contributed by atoms with E-state index < -0.39 is 6.10 Å². The van der Waals surface area contributed by atoms with Crippen molar-refractivity contribution >= 4 is 18.2 Å². The van der Waals surface area contributed by atoms with Crippen LogP contribution in [-0.4, -0.2) is 40.5 Å². The Kier molecular flexibility index (Phi) is 5.65. The van der Waals surface area contributed by atoms with Crippen molar-refractivity contribution in [2.45, 2.75) is 18.6 Å². The van der Waals surface area contributed by atoms with Gasteiger partial charge in [0, 0.05) is 12.1 Å². The summed E-state index contributed by atoms with van der Waals surface area (Å²) in [6.45, 7) is 1.45. The maximum absolute atomic E-state index is 12.9. The first-order chi connectivity index (χ1) is 10.2. The number of aromatic nitrogens is 2. The van der Waals surface area contributed by atoms with E-state index in [1.165, 1.54) is 12.1 Å². The van der Waals surface area contributed by atoms with Gasteiger partial charge in [0.15, 0.2) is 0 Å². The van der Waals surface area contributed by atoms with Crippen molar-refractivity contribution in [2.75, 3.05) is 18.4 Å². The smallest absolute Gasteiger partial charge is 0.148 e. The molecule has 2 aromatic rings. The molecular formula is C15H18ClFN4O. The molecule has 3 N–H and O–H groups in total. The number of hydrogen-bond acceptors (Lipinski definition) is 5. The van der Waals surface area contributed by atoms with Gasteiger partial charge in [-0.2, -0.15) is 0 Å². The number of anilines is 1. The quantitative estimate of drug-likeness (QED) is 0.803. The average molecular weight is 325 g/mol. The minimum Gasteiger partial charge on any atom is -0.390 e. The van der Waals surface area contributed by atoms with E-state index in [4.69, 9.17) is 0 Å². The molecule has 1 aromatic heterocycles. The van der Waals surface area contributed by atoms with E-state index in [0.717, 1.165) is 18.5 Å². The van der Waals surface area contributed by atoms with E-state index in [2.05, 4.69) is 20.8 Å². The van der Waals surface area contributed by atoms with Crippen LogP contribution in [0.4, 0.5) is 10.2 Å². The standard InChI is InChI=1S/C15H17FN4O.ClH/c16-11-3-1-10(2-4-11)12-5-6-15(20-19-12)18-13-7-8-17-9-14(13)21;/h1-6,13-14,17,21H,7-9H2,(H,18,20);1H/t13-,14-;/m1./s1. The number of piperidine rings is 1. The predicted octanol–water partition coefficient (Wildman–Crippen LogP) is 1.84. The Hall–Kier alpha value is -1.76. The van der Waals surface area contributed by atoms with Gasteiger partial charge in [-0.1, -0.05) is 0 Å². The summed E-state index contributed by atoms with van der Waals surface area (Å²) in [4.78, 5) is 0. The maximum Gasteiger partial charge on any atom is 0.148 e. The SMILES string of the molecule is Cl.O[C@@H]1CNCC[C@H]1Nc1ccc(-c2ccc(F)cc2)nn1. The molecule has 0 unspecified atom stereocenters. The monoisotopic (exact) mass is 324 g/mol. The molecule has 1 aromatic carbocycles. The molecule has 0 spiro atoms. The maximum atomic E-state index is 12.9. The van der Waals surface area contributed by atoms with Crippen molar-refractivity contribution in [3.63, 3.8) is 0 Å². The molecule has 1 fully saturated rings. The minimum absolute atomic E-state index is 0. The normalized spacial score (nSPS) is 21.0. The molecule has 3 rings (SSSR count). The van der Waals surface area contributed by atoms with Crippen LogP contribution in [0.25, 0.3) is 11.3 Å². The number of aliphatic hydroxyl groups excluding tert-OH is 1. The van der Waals surface area contributed by atoms with E-state index in [-0.39, 0.29) is 24.3 Å². The fraction of sp³-hybridized carbons (Fsp3) is 0.333. The molecule has 0 aliphatic carbocycles. The second-order valence-corrected chi connectivity index (χ2v) is 5.12. The number of hydrogen-bond donors (Lipinski definition) is 3. The molecule has 1 saturated heterocycles. The number of halogens is 2. The van der Waals surface area contributed by atoms with E-state index in [1.807, 2.05) is 12.1 Å². The van der Waals surface area contributed by atoms with Crippen molar-refractivity contribution in [3.05, 3.63) is 42.2 Å². The van der Waals surface area contributed by atoms with Crippen LogP contribution in [0.5, 0.6) is 0 Å². The van der Waals surface area contributed by atoms with Gasteiger partial charge in [0.1, 0.15) is 11.6 Å². The molecule has 0 bridgehead atoms. The van der Waals surface area contributed by atoms with E-state index in [0.29, 0.717) is 18.1 Å². The van der Waals surface area contributed by atoms with Crippen molar-refractivity contribution < 1.29 is 9.50 Å². The lowest BCUT2D eigenvalue weighted by atomic mass is 10.0. The first-order valence-corrected chi connectivity index (χ1v) is 6.97. The molecule has 118 valence electrons. The lowest BCUT2D eigenvalue weighted by Crippen LogP contribution is -2.47. The topological polar surface area (TPSA) is 70.1 Å². The number of nitrogens with zero attached hydrogens (tertiary/aromatic N) is 2. The highest BCUT2D eigenvalue weighted by Crippen LogP contribution is 2.18. The zero-order valence-electron chi connectivity index (χ0n) is 11.9. The molecule has 7 heteroatoms. The van der Waals surface area contributed by atoms with E-state index >= 15 is 0 Å². The average Bonchev–Trinajstić information content (AvgIpc) is 2.51. The molecular weight excluding hydrogens is 307 g/mol. The Morgan fingerprint density at radius 2 is 1.91 bits per heavy atom. The highest BCUT2D eigenvalue weighted by molar-refractivity contribution is 5.85. The molecule has 2 heterocycles. The van der Waals surface area contributed by atoms with Crippen molar-refractivity contribution in [2.24, 2.45) is 0 Å². The van der Waals surface area contributed by atoms with Gasteiger partial charge in [-0.25, -0.2) is 4.39 Å². The van der Waals surface area contributed by atoms with E-state index in [1.54, 1.807) is 12.1 Å². The van der Waals surface area contributed by atoms with Crippen LogP contribution < -0.4 is 10.6 Å². The number of benzene rings is 1. The number of rotatable bonds is 3. The summed E-state index contributed by atoms with van der Waals surface area (Å²) >= 11 is 0. The third kappa shape index (κ3) is 3.91. The summed E-state index contributed by atoms with van der Waals surface area (Å²) in [5.41, 5.74) is 1.50. The predicted molar refractivity (Wildman–Crippen MR) is 85.6 cm³/mol. The van der Waals surface area contributed by atoms with Gasteiger partial charge in [-0.15, -0.1) is 22.6 Å². The summed E-state index contributed by atoms with van der Waals surface area (Å²) in [7, 11) is 0. The van der Waals surface area contributed by atoms with Gasteiger partial charge in [0.05, 0.1) is 17.8 Å². The summed E-state index contributed by atoms with van der Waals surface area (Å²) in [5, 5.41) is 24.5. The fourth-order valence-corrected chi connectivity index (χ4v) is 2.38. The second-order valence-electron chi connectivity index (χ2n) is 5.12. The second kappa shape index (κ2) is 7.49. The number of nitrogens with one attached hydrogen (secondary N) is 2. The third-order valence-corrected chi connectivity index (χ3v) is 3.59. The van der Waals surface area contributed by atoms with Gasteiger partial charge < -0.3 is 15.7 Å². The van der Waals surface area contributed by atoms with Crippen LogP contribution in [0.2, 0.25) is 0 Å². The van der Waals surface area contributed by atoms with Crippen LogP contribution in [0.15, 0.2) is 36.4 Å². The third-order valence-electron chi connectivity index (χ3n) is 3.59. The largest absolute Gasteiger partial charge is 0.390 e. The molecule has 0 saturated carbocycles. The molecule has 1 aliphatic rings. The van der Waals surface area contributed by atoms with Crippen LogP contribution in [0.1, 0.15) is 6.42 Å². The van der Waals surface area contributed by atoms with Crippen LogP contribution in [0, 0.1) is 5.82 Å². The Bertz CT molecular complexity index is 593. The zero-order chi connectivity index (χ0) is 14.7. The minimum atomic E-state index is -0.433. The van der Waals surface area contributed by atoms with Crippen LogP contribution in [0.3, 0.4) is 0 Å². The van der Waals surface area contributed by atoms with E-state index in [9.17, 15) is 9.50 Å². The Morgan fingerprint density at radius 1 is 1.14 bits per heavy atom. The Morgan fingerprint density at radius 3 is 2.55 bits per heavy atom. The summed E-state index contributed by atoms with van der Waals surface area (Å²) in [6.07, 6.45) is 0.403. The summed E-state index contributed by atoms with van der Waals surface area (Å²) in [5.74, 6) is 0.358. The highest BCUT2D eigenvalue weighted by atomic mass is 35.5.